The Kier molecular flexibility index (Phi) is 6.46. The molecule has 0 heterocycles. The third-order valence-corrected chi connectivity index (χ3v) is 3.51. The zero-order valence-corrected chi connectivity index (χ0v) is 14.9. The van der Waals surface area contributed by atoms with E-state index >= 15 is 0 Å². The minimum Gasteiger partial charge on any atom is -0.326 e. The van der Waals surface area contributed by atoms with Crippen molar-refractivity contribution >= 4 is 46.4 Å². The van der Waals surface area contributed by atoms with E-state index in [0.29, 0.717) is 22.1 Å². The number of nitrogens with zero attached hydrogens (tertiary/aromatic N) is 1. The third kappa shape index (κ3) is 5.71. The summed E-state index contributed by atoms with van der Waals surface area (Å²) in [5.41, 5.74) is 4.50. The van der Waals surface area contributed by atoms with Gasteiger partial charge in [0.25, 0.3) is 0 Å². The lowest BCUT2D eigenvalue weighted by atomic mass is 10.1. The molecule has 0 aliphatic rings. The molecule has 0 aromatic heterocycles. The van der Waals surface area contributed by atoms with Crippen molar-refractivity contribution in [3.63, 3.8) is 0 Å². The van der Waals surface area contributed by atoms with Crippen molar-refractivity contribution in [1.29, 1.82) is 0 Å². The van der Waals surface area contributed by atoms with E-state index in [2.05, 4.69) is 21.2 Å². The Morgan fingerprint density at radius 3 is 1.88 bits per heavy atom. The highest BCUT2D eigenvalue weighted by Gasteiger charge is 2.13. The van der Waals surface area contributed by atoms with Crippen molar-refractivity contribution in [2.24, 2.45) is 5.10 Å². The van der Waals surface area contributed by atoms with Gasteiger partial charge in [-0.25, -0.2) is 5.43 Å². The van der Waals surface area contributed by atoms with E-state index in [9.17, 15) is 14.4 Å². The van der Waals surface area contributed by atoms with Gasteiger partial charge in [-0.05, 0) is 48.9 Å². The van der Waals surface area contributed by atoms with Gasteiger partial charge in [-0.3, -0.25) is 14.4 Å². The summed E-state index contributed by atoms with van der Waals surface area (Å²) in [7, 11) is 0. The normalized spacial score (nSPS) is 10.8. The number of anilines is 2. The topological polar surface area (TPSA) is 99.7 Å². The summed E-state index contributed by atoms with van der Waals surface area (Å²) in [6, 6.07) is 13.3. The number of carbonyl (C=O) groups is 3. The first kappa shape index (κ1) is 19.1. The number of nitrogens with one attached hydrogen (secondary N) is 3. The van der Waals surface area contributed by atoms with Crippen molar-refractivity contribution in [2.45, 2.75) is 13.8 Å². The van der Waals surface area contributed by atoms with E-state index in [1.165, 1.54) is 6.92 Å². The average Bonchev–Trinajstić information content (AvgIpc) is 2.61. The quantitative estimate of drug-likeness (QED) is 0.437. The maximum Gasteiger partial charge on any atom is 0.329 e. The van der Waals surface area contributed by atoms with Crippen molar-refractivity contribution < 1.29 is 14.4 Å². The molecule has 0 radical (unpaired) electrons. The van der Waals surface area contributed by atoms with Crippen LogP contribution in [0.3, 0.4) is 0 Å². The summed E-state index contributed by atoms with van der Waals surface area (Å²) in [6.45, 7) is 3.09. The molecule has 3 amide bonds. The van der Waals surface area contributed by atoms with Crippen molar-refractivity contribution in [3.8, 4) is 0 Å². The maximum absolute atomic E-state index is 11.9. The van der Waals surface area contributed by atoms with Gasteiger partial charge in [-0.1, -0.05) is 23.7 Å². The number of carbonyl (C=O) groups excluding carboxylic acids is 3. The van der Waals surface area contributed by atoms with Crippen LogP contribution in [0.5, 0.6) is 0 Å². The molecule has 2 aromatic rings. The number of hydrazone groups is 1. The molecule has 0 saturated carbocycles. The van der Waals surface area contributed by atoms with Crippen molar-refractivity contribution in [3.05, 3.63) is 59.1 Å². The van der Waals surface area contributed by atoms with Gasteiger partial charge >= 0.3 is 11.8 Å². The Labute approximate surface area is 155 Å². The second-order valence-electron chi connectivity index (χ2n) is 5.36. The van der Waals surface area contributed by atoms with Crippen molar-refractivity contribution in [2.75, 3.05) is 10.6 Å². The molecule has 0 atom stereocenters. The van der Waals surface area contributed by atoms with Crippen LogP contribution in [0.15, 0.2) is 53.6 Å². The second kappa shape index (κ2) is 8.77. The van der Waals surface area contributed by atoms with Crippen LogP contribution < -0.4 is 16.1 Å². The highest BCUT2D eigenvalue weighted by molar-refractivity contribution is 6.39. The SMILES string of the molecule is CC(=O)Nc1ccc(NC(=O)C(=O)N/N=C(\C)c2ccc(Cl)cc2)cc1. The molecule has 0 unspecified atom stereocenters. The van der Waals surface area contributed by atoms with Crippen LogP contribution in [-0.2, 0) is 14.4 Å². The van der Waals surface area contributed by atoms with Crippen LogP contribution in [0, 0.1) is 0 Å². The van der Waals surface area contributed by atoms with Crippen LogP contribution in [0.2, 0.25) is 5.02 Å². The fourth-order valence-corrected chi connectivity index (χ4v) is 2.10. The molecule has 0 bridgehead atoms. The Balaban J connectivity index is 1.92. The standard InChI is InChI=1S/C18H17ClN4O3/c1-11(13-3-5-14(19)6-4-13)22-23-18(26)17(25)21-16-9-7-15(8-10-16)20-12(2)24/h3-10H,1-2H3,(H,20,24)(H,21,25)(H,23,26)/b22-11+. The van der Waals surface area contributed by atoms with Crippen LogP contribution in [0.25, 0.3) is 0 Å². The molecular formula is C18H17ClN4O3. The van der Waals surface area contributed by atoms with Gasteiger partial charge in [-0.2, -0.15) is 5.10 Å². The molecule has 26 heavy (non-hydrogen) atoms. The van der Waals surface area contributed by atoms with Crippen LogP contribution in [-0.4, -0.2) is 23.4 Å². The molecule has 0 fully saturated rings. The predicted molar refractivity (Wildman–Crippen MR) is 101 cm³/mol. The summed E-state index contributed by atoms with van der Waals surface area (Å²) >= 11 is 5.81. The Morgan fingerprint density at radius 1 is 0.808 bits per heavy atom. The minimum absolute atomic E-state index is 0.199. The van der Waals surface area contributed by atoms with Gasteiger partial charge in [0.2, 0.25) is 5.91 Å². The fourth-order valence-electron chi connectivity index (χ4n) is 1.97. The molecule has 0 aliphatic carbocycles. The zero-order valence-electron chi connectivity index (χ0n) is 14.2. The number of amides is 3. The van der Waals surface area contributed by atoms with Crippen molar-refractivity contribution in [1.82, 2.24) is 5.43 Å². The summed E-state index contributed by atoms with van der Waals surface area (Å²) in [4.78, 5) is 34.7. The van der Waals surface area contributed by atoms with E-state index in [4.69, 9.17) is 11.6 Å². The smallest absolute Gasteiger partial charge is 0.326 e. The monoisotopic (exact) mass is 372 g/mol. The second-order valence-corrected chi connectivity index (χ2v) is 5.79. The lowest BCUT2D eigenvalue weighted by Gasteiger charge is -2.06. The first-order valence-electron chi connectivity index (χ1n) is 7.64. The number of hydrogen-bond acceptors (Lipinski definition) is 4. The van der Waals surface area contributed by atoms with Crippen LogP contribution in [0.4, 0.5) is 11.4 Å². The summed E-state index contributed by atoms with van der Waals surface area (Å²) < 4.78 is 0. The number of halogens is 1. The molecule has 8 heteroatoms. The first-order chi connectivity index (χ1) is 12.3. The molecule has 134 valence electrons. The van der Waals surface area contributed by atoms with E-state index in [1.54, 1.807) is 55.5 Å². The summed E-state index contributed by atoms with van der Waals surface area (Å²) in [6.07, 6.45) is 0. The molecule has 2 rings (SSSR count). The highest BCUT2D eigenvalue weighted by Crippen LogP contribution is 2.13. The van der Waals surface area contributed by atoms with Gasteiger partial charge in [0.05, 0.1) is 5.71 Å². The first-order valence-corrected chi connectivity index (χ1v) is 8.02. The summed E-state index contributed by atoms with van der Waals surface area (Å²) in [5, 5.41) is 9.54. The third-order valence-electron chi connectivity index (χ3n) is 3.26. The van der Waals surface area contributed by atoms with Gasteiger partial charge in [0.1, 0.15) is 0 Å². The molecule has 0 saturated heterocycles. The van der Waals surface area contributed by atoms with Gasteiger partial charge in [0, 0.05) is 23.3 Å². The van der Waals surface area contributed by atoms with Gasteiger partial charge in [0.15, 0.2) is 0 Å². The number of benzene rings is 2. The Morgan fingerprint density at radius 2 is 1.35 bits per heavy atom. The van der Waals surface area contributed by atoms with Gasteiger partial charge in [-0.15, -0.1) is 0 Å². The Bertz CT molecular complexity index is 846. The molecule has 0 aliphatic heterocycles. The predicted octanol–water partition coefficient (Wildman–Crippen LogP) is 2.78. The van der Waals surface area contributed by atoms with E-state index in [-0.39, 0.29) is 5.91 Å². The van der Waals surface area contributed by atoms with Crippen LogP contribution in [0.1, 0.15) is 19.4 Å². The Hall–Kier alpha value is -3.19. The number of rotatable bonds is 4. The lowest BCUT2D eigenvalue weighted by molar-refractivity contribution is -0.136. The molecule has 3 N–H and O–H groups in total. The molecule has 7 nitrogen and oxygen atoms in total. The van der Waals surface area contributed by atoms with E-state index in [0.717, 1.165) is 5.56 Å². The number of hydrogen-bond donors (Lipinski definition) is 3. The molecule has 2 aromatic carbocycles. The largest absolute Gasteiger partial charge is 0.329 e. The maximum atomic E-state index is 11.9. The van der Waals surface area contributed by atoms with Gasteiger partial charge < -0.3 is 10.6 Å². The zero-order chi connectivity index (χ0) is 19.1. The van der Waals surface area contributed by atoms with Crippen LogP contribution >= 0.6 is 11.6 Å². The highest BCUT2D eigenvalue weighted by atomic mass is 35.5. The molecule has 0 spiro atoms. The fraction of sp³-hybridized carbons (Fsp3) is 0.111. The average molecular weight is 373 g/mol. The molecular weight excluding hydrogens is 356 g/mol. The van der Waals surface area contributed by atoms with E-state index in [1.807, 2.05) is 0 Å². The van der Waals surface area contributed by atoms with E-state index < -0.39 is 11.8 Å². The lowest BCUT2D eigenvalue weighted by Crippen LogP contribution is -2.32. The summed E-state index contributed by atoms with van der Waals surface area (Å²) in [5.74, 6) is -1.95. The minimum atomic E-state index is -0.899.